The fourth-order valence-corrected chi connectivity index (χ4v) is 1.47. The summed E-state index contributed by atoms with van der Waals surface area (Å²) in [6, 6.07) is 8.33. The van der Waals surface area contributed by atoms with Crippen LogP contribution in [0.5, 0.6) is 0 Å². The van der Waals surface area contributed by atoms with Crippen LogP contribution in [0.15, 0.2) is 47.3 Å². The number of benzene rings is 1. The summed E-state index contributed by atoms with van der Waals surface area (Å²) in [4.78, 5) is 22.7. The highest BCUT2D eigenvalue weighted by molar-refractivity contribution is 6.09. The highest BCUT2D eigenvalue weighted by Crippen LogP contribution is 2.14. The molecule has 0 saturated heterocycles. The Kier molecular flexibility index (Phi) is 3.05. The van der Waals surface area contributed by atoms with E-state index in [1.165, 1.54) is 19.5 Å². The fourth-order valence-electron chi connectivity index (χ4n) is 1.47. The Morgan fingerprint density at radius 1 is 1.06 bits per heavy atom. The van der Waals surface area contributed by atoms with E-state index in [0.717, 1.165) is 0 Å². The molecule has 0 saturated carbocycles. The fraction of sp³-hybridized carbons (Fsp3) is 0.0769. The van der Waals surface area contributed by atoms with Crippen molar-refractivity contribution >= 4 is 17.4 Å². The van der Waals surface area contributed by atoms with Gasteiger partial charge in [-0.05, 0) is 30.3 Å². The summed E-state index contributed by atoms with van der Waals surface area (Å²) in [7, 11) is 0. The molecule has 0 fully saturated rings. The maximum Gasteiger partial charge on any atom is 0.221 e. The molecule has 2 rings (SSSR count). The first kappa shape index (κ1) is 11.1. The number of anilines is 1. The van der Waals surface area contributed by atoms with Crippen molar-refractivity contribution in [1.29, 1.82) is 0 Å². The number of ketones is 1. The second-order valence-electron chi connectivity index (χ2n) is 3.60. The Balaban J connectivity index is 2.18. The Morgan fingerprint density at radius 3 is 2.29 bits per heavy atom. The molecule has 2 aromatic rings. The number of furan rings is 1. The van der Waals surface area contributed by atoms with E-state index in [2.05, 4.69) is 5.32 Å². The van der Waals surface area contributed by atoms with E-state index in [-0.39, 0.29) is 11.7 Å². The van der Waals surface area contributed by atoms with Crippen LogP contribution in [0.3, 0.4) is 0 Å². The molecule has 4 heteroatoms. The van der Waals surface area contributed by atoms with Crippen LogP contribution >= 0.6 is 0 Å². The van der Waals surface area contributed by atoms with Gasteiger partial charge in [-0.25, -0.2) is 0 Å². The first-order valence-corrected chi connectivity index (χ1v) is 5.11. The summed E-state index contributed by atoms with van der Waals surface area (Å²) in [5.74, 6) is -0.243. The molecule has 1 N–H and O–H groups in total. The van der Waals surface area contributed by atoms with Gasteiger partial charge in [-0.2, -0.15) is 0 Å². The third-order valence-corrected chi connectivity index (χ3v) is 2.25. The zero-order chi connectivity index (χ0) is 12.3. The van der Waals surface area contributed by atoms with Gasteiger partial charge in [-0.15, -0.1) is 0 Å². The largest absolute Gasteiger partial charge is 0.472 e. The van der Waals surface area contributed by atoms with Gasteiger partial charge in [0.1, 0.15) is 6.26 Å². The van der Waals surface area contributed by atoms with Crippen molar-refractivity contribution in [2.24, 2.45) is 0 Å². The normalized spacial score (nSPS) is 9.94. The van der Waals surface area contributed by atoms with Crippen molar-refractivity contribution in [1.82, 2.24) is 0 Å². The zero-order valence-corrected chi connectivity index (χ0v) is 9.27. The molecular weight excluding hydrogens is 218 g/mol. The van der Waals surface area contributed by atoms with E-state index in [1.807, 2.05) is 0 Å². The lowest BCUT2D eigenvalue weighted by Gasteiger charge is -2.02. The van der Waals surface area contributed by atoms with E-state index in [9.17, 15) is 9.59 Å². The lowest BCUT2D eigenvalue weighted by Crippen LogP contribution is -2.06. The van der Waals surface area contributed by atoms with Crippen molar-refractivity contribution < 1.29 is 14.0 Å². The Labute approximate surface area is 98.3 Å². The average Bonchev–Trinajstić information content (AvgIpc) is 2.82. The third kappa shape index (κ3) is 2.60. The summed E-state index contributed by atoms with van der Waals surface area (Å²) in [5, 5.41) is 2.64. The van der Waals surface area contributed by atoms with E-state index in [4.69, 9.17) is 4.42 Å². The molecule has 0 spiro atoms. The van der Waals surface area contributed by atoms with Gasteiger partial charge in [0.2, 0.25) is 5.91 Å². The van der Waals surface area contributed by atoms with Gasteiger partial charge in [0.15, 0.2) is 5.78 Å². The summed E-state index contributed by atoms with van der Waals surface area (Å²) < 4.78 is 4.86. The predicted molar refractivity (Wildman–Crippen MR) is 62.9 cm³/mol. The smallest absolute Gasteiger partial charge is 0.221 e. The number of carbonyl (C=O) groups is 2. The van der Waals surface area contributed by atoms with E-state index < -0.39 is 0 Å². The molecule has 0 aliphatic carbocycles. The first-order chi connectivity index (χ1) is 8.16. The standard InChI is InChI=1S/C13H11NO3/c1-9(15)14-12-4-2-10(3-5-12)13(16)11-6-7-17-8-11/h2-8H,1H3,(H,14,15). The lowest BCUT2D eigenvalue weighted by atomic mass is 10.1. The van der Waals surface area contributed by atoms with Crippen LogP contribution in [-0.4, -0.2) is 11.7 Å². The molecule has 1 amide bonds. The number of rotatable bonds is 3. The number of amides is 1. The molecule has 0 atom stereocenters. The average molecular weight is 229 g/mol. The first-order valence-electron chi connectivity index (χ1n) is 5.11. The van der Waals surface area contributed by atoms with Gasteiger partial charge in [-0.1, -0.05) is 0 Å². The van der Waals surface area contributed by atoms with Crippen molar-refractivity contribution in [3.05, 3.63) is 54.0 Å². The number of hydrogen-bond acceptors (Lipinski definition) is 3. The quantitative estimate of drug-likeness (QED) is 0.822. The van der Waals surface area contributed by atoms with Gasteiger partial charge < -0.3 is 9.73 Å². The number of carbonyl (C=O) groups excluding carboxylic acids is 2. The van der Waals surface area contributed by atoms with Crippen LogP contribution in [0.2, 0.25) is 0 Å². The van der Waals surface area contributed by atoms with E-state index in [0.29, 0.717) is 16.8 Å². The molecule has 86 valence electrons. The molecule has 1 aromatic carbocycles. The summed E-state index contributed by atoms with van der Waals surface area (Å²) >= 11 is 0. The molecule has 0 aliphatic rings. The predicted octanol–water partition coefficient (Wildman–Crippen LogP) is 2.47. The highest BCUT2D eigenvalue weighted by Gasteiger charge is 2.09. The van der Waals surface area contributed by atoms with Crippen molar-refractivity contribution in [2.45, 2.75) is 6.92 Å². The minimum Gasteiger partial charge on any atom is -0.472 e. The molecule has 1 heterocycles. The van der Waals surface area contributed by atoms with Crippen molar-refractivity contribution in [2.75, 3.05) is 5.32 Å². The SMILES string of the molecule is CC(=O)Nc1ccc(C(=O)c2ccoc2)cc1. The maximum atomic E-state index is 11.9. The van der Waals surface area contributed by atoms with Crippen molar-refractivity contribution in [3.8, 4) is 0 Å². The summed E-state index contributed by atoms with van der Waals surface area (Å²) in [6.45, 7) is 1.44. The molecule has 4 nitrogen and oxygen atoms in total. The van der Waals surface area contributed by atoms with Crippen LogP contribution in [0.25, 0.3) is 0 Å². The second-order valence-corrected chi connectivity index (χ2v) is 3.60. The van der Waals surface area contributed by atoms with Gasteiger partial charge >= 0.3 is 0 Å². The van der Waals surface area contributed by atoms with Gasteiger partial charge in [-0.3, -0.25) is 9.59 Å². The second kappa shape index (κ2) is 4.65. The molecule has 0 aliphatic heterocycles. The molecule has 0 bridgehead atoms. The topological polar surface area (TPSA) is 59.3 Å². The molecule has 17 heavy (non-hydrogen) atoms. The van der Waals surface area contributed by atoms with Gasteiger partial charge in [0, 0.05) is 18.2 Å². The van der Waals surface area contributed by atoms with Crippen LogP contribution in [0.1, 0.15) is 22.8 Å². The van der Waals surface area contributed by atoms with Crippen LogP contribution in [0, 0.1) is 0 Å². The minimum absolute atomic E-state index is 0.104. The Bertz CT molecular complexity index is 526. The Morgan fingerprint density at radius 2 is 1.76 bits per heavy atom. The van der Waals surface area contributed by atoms with Crippen LogP contribution < -0.4 is 5.32 Å². The summed E-state index contributed by atoms with van der Waals surface area (Å²) in [5.41, 5.74) is 1.74. The molecule has 1 aromatic heterocycles. The highest BCUT2D eigenvalue weighted by atomic mass is 16.3. The molecular formula is C13H11NO3. The van der Waals surface area contributed by atoms with Crippen molar-refractivity contribution in [3.63, 3.8) is 0 Å². The number of nitrogens with one attached hydrogen (secondary N) is 1. The van der Waals surface area contributed by atoms with Gasteiger partial charge in [0.25, 0.3) is 0 Å². The van der Waals surface area contributed by atoms with Crippen LogP contribution in [0.4, 0.5) is 5.69 Å². The van der Waals surface area contributed by atoms with E-state index >= 15 is 0 Å². The number of hydrogen-bond donors (Lipinski definition) is 1. The monoisotopic (exact) mass is 229 g/mol. The molecule has 0 unspecified atom stereocenters. The lowest BCUT2D eigenvalue weighted by molar-refractivity contribution is -0.114. The summed E-state index contributed by atoms with van der Waals surface area (Å²) in [6.07, 6.45) is 2.86. The molecule has 0 radical (unpaired) electrons. The Hall–Kier alpha value is -2.36. The van der Waals surface area contributed by atoms with Gasteiger partial charge in [0.05, 0.1) is 11.8 Å². The zero-order valence-electron chi connectivity index (χ0n) is 9.27. The third-order valence-electron chi connectivity index (χ3n) is 2.25. The minimum atomic E-state index is -0.140. The van der Waals surface area contributed by atoms with Crippen LogP contribution in [-0.2, 0) is 4.79 Å². The maximum absolute atomic E-state index is 11.9. The van der Waals surface area contributed by atoms with E-state index in [1.54, 1.807) is 30.3 Å².